The Balaban J connectivity index is 1.32. The molecule has 0 aliphatic carbocycles. The number of aromatic nitrogens is 1. The van der Waals surface area contributed by atoms with Crippen LogP contribution >= 0.6 is 0 Å². The van der Waals surface area contributed by atoms with Gasteiger partial charge >= 0.3 is 6.03 Å². The number of urea groups is 1. The molecule has 6 amide bonds. The number of nitrogens with zero attached hydrogens (tertiary/aromatic N) is 2. The second kappa shape index (κ2) is 9.19. The van der Waals surface area contributed by atoms with Gasteiger partial charge in [-0.25, -0.2) is 4.79 Å². The van der Waals surface area contributed by atoms with Gasteiger partial charge in [-0.05, 0) is 56.0 Å². The van der Waals surface area contributed by atoms with Gasteiger partial charge in [0.1, 0.15) is 6.04 Å². The van der Waals surface area contributed by atoms with Crippen molar-refractivity contribution in [1.82, 2.24) is 20.5 Å². The highest BCUT2D eigenvalue weighted by molar-refractivity contribution is 6.23. The molecule has 1 aromatic heterocycles. The average molecular weight is 449 g/mol. The monoisotopic (exact) mass is 449 g/mol. The largest absolute Gasteiger partial charge is 0.338 e. The van der Waals surface area contributed by atoms with E-state index in [9.17, 15) is 24.0 Å². The van der Waals surface area contributed by atoms with Crippen LogP contribution in [-0.2, 0) is 16.0 Å². The summed E-state index contributed by atoms with van der Waals surface area (Å²) in [5.41, 5.74) is 2.79. The van der Waals surface area contributed by atoms with E-state index < -0.39 is 29.7 Å². The molecule has 2 aliphatic heterocycles. The Morgan fingerprint density at radius 2 is 1.91 bits per heavy atom. The van der Waals surface area contributed by atoms with Crippen molar-refractivity contribution < 1.29 is 24.0 Å². The number of imide groups is 2. The number of hydrogen-bond donors (Lipinski definition) is 3. The SMILES string of the molecule is Cc1cc(NC(=O)NCCCc2ccc3c(c2)C(=O)N(C2CCC(=O)NC2=O)C3=O)ccn1. The lowest BCUT2D eigenvalue weighted by Crippen LogP contribution is -2.54. The first-order valence-electron chi connectivity index (χ1n) is 10.7. The fourth-order valence-corrected chi connectivity index (χ4v) is 3.97. The molecule has 1 saturated heterocycles. The van der Waals surface area contributed by atoms with E-state index in [1.807, 2.05) is 6.92 Å². The number of carbonyl (C=O) groups is 5. The van der Waals surface area contributed by atoms with E-state index in [2.05, 4.69) is 20.9 Å². The highest BCUT2D eigenvalue weighted by Crippen LogP contribution is 2.28. The van der Waals surface area contributed by atoms with E-state index in [0.29, 0.717) is 25.1 Å². The molecule has 33 heavy (non-hydrogen) atoms. The van der Waals surface area contributed by atoms with Crippen LogP contribution in [-0.4, -0.2) is 52.1 Å². The van der Waals surface area contributed by atoms with Crippen molar-refractivity contribution in [2.75, 3.05) is 11.9 Å². The number of aryl methyl sites for hydroxylation is 2. The van der Waals surface area contributed by atoms with Crippen molar-refractivity contribution in [2.45, 2.75) is 38.6 Å². The predicted molar refractivity (Wildman–Crippen MR) is 117 cm³/mol. The molecule has 2 aromatic rings. The maximum Gasteiger partial charge on any atom is 0.319 e. The molecular formula is C23H23N5O5. The molecule has 170 valence electrons. The number of rotatable bonds is 6. The Hall–Kier alpha value is -4.08. The summed E-state index contributed by atoms with van der Waals surface area (Å²) in [5, 5.41) is 7.69. The number of benzene rings is 1. The van der Waals surface area contributed by atoms with Crippen molar-refractivity contribution >= 4 is 35.3 Å². The van der Waals surface area contributed by atoms with Crippen LogP contribution in [0, 0.1) is 6.92 Å². The van der Waals surface area contributed by atoms with Gasteiger partial charge in [0.15, 0.2) is 0 Å². The van der Waals surface area contributed by atoms with Crippen molar-refractivity contribution in [2.24, 2.45) is 0 Å². The molecule has 10 heteroatoms. The summed E-state index contributed by atoms with van der Waals surface area (Å²) in [6, 6.07) is 7.16. The quantitative estimate of drug-likeness (QED) is 0.452. The number of hydrogen-bond acceptors (Lipinski definition) is 6. The molecule has 0 radical (unpaired) electrons. The van der Waals surface area contributed by atoms with Crippen LogP contribution in [0.15, 0.2) is 36.5 Å². The van der Waals surface area contributed by atoms with Gasteiger partial charge in [0.25, 0.3) is 11.8 Å². The molecule has 4 rings (SSSR count). The Morgan fingerprint density at radius 1 is 1.12 bits per heavy atom. The summed E-state index contributed by atoms with van der Waals surface area (Å²) >= 11 is 0. The number of fused-ring (bicyclic) bond motifs is 1. The standard InChI is InChI=1S/C23H23N5O5/c1-13-11-15(8-10-24-13)26-23(33)25-9-2-3-14-4-5-16-17(12-14)22(32)28(21(16)31)18-6-7-19(29)27-20(18)30/h4-5,8,10-12,18H,2-3,6-7,9H2,1H3,(H,27,29,30)(H2,24,25,26,33). The highest BCUT2D eigenvalue weighted by Gasteiger charge is 2.44. The second-order valence-electron chi connectivity index (χ2n) is 8.00. The van der Waals surface area contributed by atoms with E-state index in [0.717, 1.165) is 16.2 Å². The molecule has 1 aromatic carbocycles. The summed E-state index contributed by atoms with van der Waals surface area (Å²) in [6.45, 7) is 2.25. The normalized spacial score (nSPS) is 17.6. The zero-order valence-electron chi connectivity index (χ0n) is 18.0. The first kappa shape index (κ1) is 22.1. The van der Waals surface area contributed by atoms with E-state index in [4.69, 9.17) is 0 Å². The Kier molecular flexibility index (Phi) is 6.16. The number of amides is 6. The van der Waals surface area contributed by atoms with Crippen LogP contribution in [0.4, 0.5) is 10.5 Å². The smallest absolute Gasteiger partial charge is 0.319 e. The number of anilines is 1. The van der Waals surface area contributed by atoms with Crippen LogP contribution in [0.2, 0.25) is 0 Å². The summed E-state index contributed by atoms with van der Waals surface area (Å²) in [6.07, 6.45) is 3.03. The predicted octanol–water partition coefficient (Wildman–Crippen LogP) is 1.55. The van der Waals surface area contributed by atoms with Gasteiger partial charge in [-0.15, -0.1) is 0 Å². The third-order valence-corrected chi connectivity index (χ3v) is 5.59. The average Bonchev–Trinajstić information content (AvgIpc) is 3.01. The van der Waals surface area contributed by atoms with Crippen LogP contribution < -0.4 is 16.0 Å². The van der Waals surface area contributed by atoms with Gasteiger partial charge in [-0.1, -0.05) is 6.07 Å². The van der Waals surface area contributed by atoms with Crippen LogP contribution in [0.5, 0.6) is 0 Å². The summed E-state index contributed by atoms with van der Waals surface area (Å²) in [5.74, 6) is -2.10. The lowest BCUT2D eigenvalue weighted by atomic mass is 10.0. The summed E-state index contributed by atoms with van der Waals surface area (Å²) in [4.78, 5) is 66.2. The van der Waals surface area contributed by atoms with Crippen molar-refractivity contribution in [3.8, 4) is 0 Å². The molecule has 10 nitrogen and oxygen atoms in total. The minimum Gasteiger partial charge on any atom is -0.338 e. The summed E-state index contributed by atoms with van der Waals surface area (Å²) in [7, 11) is 0. The van der Waals surface area contributed by atoms with Crippen molar-refractivity contribution in [3.05, 3.63) is 58.9 Å². The van der Waals surface area contributed by atoms with Gasteiger partial charge in [-0.2, -0.15) is 0 Å². The molecule has 2 aliphatic rings. The van der Waals surface area contributed by atoms with Gasteiger partial charge in [0.2, 0.25) is 11.8 Å². The van der Waals surface area contributed by atoms with Crippen molar-refractivity contribution in [3.63, 3.8) is 0 Å². The van der Waals surface area contributed by atoms with Gasteiger partial charge < -0.3 is 10.6 Å². The number of pyridine rings is 1. The fourth-order valence-electron chi connectivity index (χ4n) is 3.97. The molecule has 0 saturated carbocycles. The van der Waals surface area contributed by atoms with Gasteiger partial charge in [-0.3, -0.25) is 34.4 Å². The lowest BCUT2D eigenvalue weighted by Gasteiger charge is -2.27. The lowest BCUT2D eigenvalue weighted by molar-refractivity contribution is -0.136. The van der Waals surface area contributed by atoms with E-state index in [1.165, 1.54) is 0 Å². The molecule has 0 bridgehead atoms. The molecule has 1 fully saturated rings. The Bertz CT molecular complexity index is 1160. The minimum absolute atomic E-state index is 0.0798. The molecule has 3 N–H and O–H groups in total. The second-order valence-corrected chi connectivity index (χ2v) is 8.00. The van der Waals surface area contributed by atoms with E-state index in [1.54, 1.807) is 36.5 Å². The number of piperidine rings is 1. The Labute approximate surface area is 189 Å². The van der Waals surface area contributed by atoms with Crippen LogP contribution in [0.25, 0.3) is 0 Å². The third-order valence-electron chi connectivity index (χ3n) is 5.59. The van der Waals surface area contributed by atoms with E-state index in [-0.39, 0.29) is 30.0 Å². The van der Waals surface area contributed by atoms with E-state index >= 15 is 0 Å². The van der Waals surface area contributed by atoms with Crippen molar-refractivity contribution in [1.29, 1.82) is 0 Å². The number of carbonyl (C=O) groups excluding carboxylic acids is 5. The van der Waals surface area contributed by atoms with Gasteiger partial charge in [0.05, 0.1) is 11.1 Å². The first-order valence-corrected chi connectivity index (χ1v) is 10.7. The summed E-state index contributed by atoms with van der Waals surface area (Å²) < 4.78 is 0. The number of nitrogens with one attached hydrogen (secondary N) is 3. The minimum atomic E-state index is -0.981. The zero-order chi connectivity index (χ0) is 23.5. The molecule has 0 spiro atoms. The van der Waals surface area contributed by atoms with Crippen LogP contribution in [0.3, 0.4) is 0 Å². The topological polar surface area (TPSA) is 138 Å². The zero-order valence-corrected chi connectivity index (χ0v) is 18.0. The maximum atomic E-state index is 12.9. The first-order chi connectivity index (χ1) is 15.8. The molecular weight excluding hydrogens is 426 g/mol. The third kappa shape index (κ3) is 4.74. The maximum absolute atomic E-state index is 12.9. The Morgan fingerprint density at radius 3 is 2.67 bits per heavy atom. The van der Waals surface area contributed by atoms with Gasteiger partial charge in [0, 0.05) is 30.5 Å². The highest BCUT2D eigenvalue weighted by atomic mass is 16.2. The molecule has 1 unspecified atom stereocenters. The fraction of sp³-hybridized carbons (Fsp3) is 0.304. The molecule has 3 heterocycles. The van der Waals surface area contributed by atoms with Crippen LogP contribution in [0.1, 0.15) is 51.2 Å². The molecule has 1 atom stereocenters.